The van der Waals surface area contributed by atoms with Gasteiger partial charge in [0, 0.05) is 19.5 Å². The molecule has 0 radical (unpaired) electrons. The number of carbonyl (C=O) groups is 1. The summed E-state index contributed by atoms with van der Waals surface area (Å²) in [5, 5.41) is 8.12. The first-order chi connectivity index (χ1) is 12.2. The Morgan fingerprint density at radius 3 is 3.00 bits per heavy atom. The number of piperidine rings is 1. The van der Waals surface area contributed by atoms with Gasteiger partial charge in [0.15, 0.2) is 0 Å². The number of benzene rings is 1. The molecule has 1 aromatic carbocycles. The molecule has 0 N–H and O–H groups in total. The first-order valence-electron chi connectivity index (χ1n) is 8.73. The Kier molecular flexibility index (Phi) is 4.48. The highest BCUT2D eigenvalue weighted by Crippen LogP contribution is 2.30. The van der Waals surface area contributed by atoms with E-state index in [9.17, 15) is 9.18 Å². The molecule has 1 saturated heterocycles. The standard InChI is InChI=1S/C18H21FN4O2/c19-14-6-4-13(5-7-14)2-1-3-18(24)22-9-8-17-16(11-22)23-15(12-25-17)10-20-21-23/h4-7,10,16-17H,1-3,8-9,11-12H2/t16-,17-/m0/s1. The maximum Gasteiger partial charge on any atom is 0.222 e. The lowest BCUT2D eigenvalue weighted by atomic mass is 9.99. The van der Waals surface area contributed by atoms with E-state index in [1.807, 2.05) is 9.58 Å². The van der Waals surface area contributed by atoms with Crippen LogP contribution in [-0.4, -0.2) is 45.0 Å². The van der Waals surface area contributed by atoms with Gasteiger partial charge in [-0.25, -0.2) is 9.07 Å². The highest BCUT2D eigenvalue weighted by molar-refractivity contribution is 5.76. The van der Waals surface area contributed by atoms with E-state index in [0.29, 0.717) is 19.6 Å². The SMILES string of the molecule is O=C(CCCc1ccc(F)cc1)N1CC[C@@H]2OCc3cnnn3[C@H]2C1. The van der Waals surface area contributed by atoms with Crippen molar-refractivity contribution >= 4 is 5.91 Å². The maximum atomic E-state index is 12.9. The lowest BCUT2D eigenvalue weighted by Crippen LogP contribution is -2.49. The van der Waals surface area contributed by atoms with Gasteiger partial charge in [-0.05, 0) is 37.0 Å². The van der Waals surface area contributed by atoms with Crippen molar-refractivity contribution in [3.05, 3.63) is 47.5 Å². The van der Waals surface area contributed by atoms with Crippen molar-refractivity contribution in [1.82, 2.24) is 19.9 Å². The summed E-state index contributed by atoms with van der Waals surface area (Å²) in [6.45, 7) is 1.89. The highest BCUT2D eigenvalue weighted by Gasteiger charge is 2.37. The molecule has 1 fully saturated rings. The summed E-state index contributed by atoms with van der Waals surface area (Å²) in [6.07, 6.45) is 4.70. The summed E-state index contributed by atoms with van der Waals surface area (Å²) < 4.78 is 20.7. The van der Waals surface area contributed by atoms with Crippen LogP contribution in [0.2, 0.25) is 0 Å². The second-order valence-corrected chi connectivity index (χ2v) is 6.70. The Morgan fingerprint density at radius 2 is 2.16 bits per heavy atom. The second kappa shape index (κ2) is 6.92. The summed E-state index contributed by atoms with van der Waals surface area (Å²) in [6, 6.07) is 6.52. The third-order valence-corrected chi connectivity index (χ3v) is 5.05. The van der Waals surface area contributed by atoms with E-state index in [-0.39, 0.29) is 23.9 Å². The fraction of sp³-hybridized carbons (Fsp3) is 0.500. The second-order valence-electron chi connectivity index (χ2n) is 6.70. The van der Waals surface area contributed by atoms with Crippen molar-refractivity contribution in [2.75, 3.05) is 13.1 Å². The molecule has 2 aromatic rings. The number of hydrogen-bond donors (Lipinski definition) is 0. The molecule has 1 aromatic heterocycles. The fourth-order valence-electron chi connectivity index (χ4n) is 3.66. The number of ether oxygens (including phenoxy) is 1. The topological polar surface area (TPSA) is 60.3 Å². The highest BCUT2D eigenvalue weighted by atomic mass is 19.1. The molecule has 0 spiro atoms. The third kappa shape index (κ3) is 3.42. The predicted molar refractivity (Wildman–Crippen MR) is 88.2 cm³/mol. The van der Waals surface area contributed by atoms with Gasteiger partial charge >= 0.3 is 0 Å². The van der Waals surface area contributed by atoms with E-state index in [0.717, 1.165) is 37.1 Å². The number of aryl methyl sites for hydroxylation is 1. The van der Waals surface area contributed by atoms with Crippen LogP contribution >= 0.6 is 0 Å². The van der Waals surface area contributed by atoms with Gasteiger partial charge in [-0.3, -0.25) is 4.79 Å². The quantitative estimate of drug-likeness (QED) is 0.852. The molecule has 25 heavy (non-hydrogen) atoms. The minimum atomic E-state index is -0.232. The van der Waals surface area contributed by atoms with Gasteiger partial charge in [0.1, 0.15) is 5.82 Å². The van der Waals surface area contributed by atoms with Gasteiger partial charge in [-0.15, -0.1) is 5.10 Å². The molecule has 1 amide bonds. The third-order valence-electron chi connectivity index (χ3n) is 5.05. The molecule has 7 heteroatoms. The van der Waals surface area contributed by atoms with E-state index in [1.54, 1.807) is 18.3 Å². The Labute approximate surface area is 145 Å². The summed E-state index contributed by atoms with van der Waals surface area (Å²) in [4.78, 5) is 14.5. The molecule has 0 bridgehead atoms. The number of rotatable bonds is 4. The molecule has 2 aliphatic rings. The Morgan fingerprint density at radius 1 is 1.32 bits per heavy atom. The van der Waals surface area contributed by atoms with Crippen LogP contribution < -0.4 is 0 Å². The number of likely N-dealkylation sites (tertiary alicyclic amines) is 1. The zero-order valence-corrected chi connectivity index (χ0v) is 14.0. The predicted octanol–water partition coefficient (Wildman–Crippen LogP) is 2.11. The van der Waals surface area contributed by atoms with Crippen LogP contribution in [0.25, 0.3) is 0 Å². The van der Waals surface area contributed by atoms with Gasteiger partial charge in [0.2, 0.25) is 5.91 Å². The van der Waals surface area contributed by atoms with E-state index in [4.69, 9.17) is 4.74 Å². The van der Waals surface area contributed by atoms with Crippen LogP contribution in [0.1, 0.15) is 36.6 Å². The molecule has 0 aliphatic carbocycles. The van der Waals surface area contributed by atoms with Crippen LogP contribution in [0.5, 0.6) is 0 Å². The number of nitrogens with zero attached hydrogens (tertiary/aromatic N) is 4. The Hall–Kier alpha value is -2.28. The zero-order valence-electron chi connectivity index (χ0n) is 14.0. The van der Waals surface area contributed by atoms with Gasteiger partial charge in [0.25, 0.3) is 0 Å². The van der Waals surface area contributed by atoms with Crippen molar-refractivity contribution < 1.29 is 13.9 Å². The normalized spacial score (nSPS) is 22.4. The smallest absolute Gasteiger partial charge is 0.222 e. The van der Waals surface area contributed by atoms with Crippen molar-refractivity contribution in [3.63, 3.8) is 0 Å². The zero-order chi connectivity index (χ0) is 17.2. The number of halogens is 1. The lowest BCUT2D eigenvalue weighted by Gasteiger charge is -2.41. The van der Waals surface area contributed by atoms with Gasteiger partial charge < -0.3 is 9.64 Å². The van der Waals surface area contributed by atoms with Gasteiger partial charge in [0.05, 0.1) is 30.6 Å². The minimum Gasteiger partial charge on any atom is -0.370 e. The van der Waals surface area contributed by atoms with Crippen LogP contribution in [-0.2, 0) is 22.6 Å². The van der Waals surface area contributed by atoms with Crippen molar-refractivity contribution in [2.24, 2.45) is 0 Å². The number of amides is 1. The molecule has 0 saturated carbocycles. The van der Waals surface area contributed by atoms with Gasteiger partial charge in [-0.1, -0.05) is 17.3 Å². The van der Waals surface area contributed by atoms with Crippen LogP contribution in [0.3, 0.4) is 0 Å². The van der Waals surface area contributed by atoms with Crippen molar-refractivity contribution in [3.8, 4) is 0 Å². The van der Waals surface area contributed by atoms with Crippen molar-refractivity contribution in [1.29, 1.82) is 0 Å². The average Bonchev–Trinajstić information content (AvgIpc) is 3.12. The minimum absolute atomic E-state index is 0.0565. The molecule has 132 valence electrons. The molecule has 6 nitrogen and oxygen atoms in total. The van der Waals surface area contributed by atoms with E-state index in [2.05, 4.69) is 10.3 Å². The average molecular weight is 344 g/mol. The molecule has 2 aliphatic heterocycles. The molecule has 2 atom stereocenters. The number of hydrogen-bond acceptors (Lipinski definition) is 4. The molecule has 4 rings (SSSR count). The van der Waals surface area contributed by atoms with Crippen LogP contribution in [0, 0.1) is 5.82 Å². The molecule has 3 heterocycles. The number of aromatic nitrogens is 3. The van der Waals surface area contributed by atoms with Crippen LogP contribution in [0.4, 0.5) is 4.39 Å². The molecule has 0 unspecified atom stereocenters. The molecular formula is C18H21FN4O2. The summed E-state index contributed by atoms with van der Waals surface area (Å²) in [7, 11) is 0. The molecular weight excluding hydrogens is 323 g/mol. The summed E-state index contributed by atoms with van der Waals surface area (Å²) in [5.74, 6) is -0.0716. The number of carbonyl (C=O) groups excluding carboxylic acids is 1. The summed E-state index contributed by atoms with van der Waals surface area (Å²) in [5.41, 5.74) is 2.02. The van der Waals surface area contributed by atoms with Crippen LogP contribution in [0.15, 0.2) is 30.5 Å². The summed E-state index contributed by atoms with van der Waals surface area (Å²) >= 11 is 0. The fourth-order valence-corrected chi connectivity index (χ4v) is 3.66. The van der Waals surface area contributed by atoms with Gasteiger partial charge in [-0.2, -0.15) is 0 Å². The van der Waals surface area contributed by atoms with E-state index >= 15 is 0 Å². The first kappa shape index (κ1) is 16.2. The van der Waals surface area contributed by atoms with E-state index < -0.39 is 0 Å². The lowest BCUT2D eigenvalue weighted by molar-refractivity contribution is -0.138. The Bertz CT molecular complexity index is 746. The first-order valence-corrected chi connectivity index (χ1v) is 8.73. The Balaban J connectivity index is 1.32. The largest absolute Gasteiger partial charge is 0.370 e. The maximum absolute atomic E-state index is 12.9. The van der Waals surface area contributed by atoms with E-state index in [1.165, 1.54) is 12.1 Å². The monoisotopic (exact) mass is 344 g/mol. The number of fused-ring (bicyclic) bond motifs is 3. The van der Waals surface area contributed by atoms with Crippen molar-refractivity contribution in [2.45, 2.75) is 44.4 Å².